The molecule has 4 heterocycles. The second-order valence-electron chi connectivity index (χ2n) is 7.11. The third kappa shape index (κ3) is 4.11. The number of fused-ring (bicyclic) bond motifs is 2. The number of nitrogens with zero attached hydrogens (tertiary/aromatic N) is 4. The topological polar surface area (TPSA) is 150 Å². The summed E-state index contributed by atoms with van der Waals surface area (Å²) >= 11 is 4.91. The fraction of sp³-hybridized carbons (Fsp3) is 0.688. The highest BCUT2D eigenvalue weighted by Gasteiger charge is 2.51. The van der Waals surface area contributed by atoms with Gasteiger partial charge in [-0.1, -0.05) is 26.2 Å². The molecule has 0 aromatic carbocycles. The Kier molecular flexibility index (Phi) is 6.03. The zero-order chi connectivity index (χ0) is 20.6. The molecular weight excluding hydrogens is 419 g/mol. The first-order valence-corrected chi connectivity index (χ1v) is 12.2. The van der Waals surface area contributed by atoms with Crippen molar-refractivity contribution in [1.29, 1.82) is 0 Å². The number of aliphatic hydroxyl groups is 1. The number of unbranched alkanes of at least 4 members (excludes halogenated alkanes) is 3. The fourth-order valence-corrected chi connectivity index (χ4v) is 5.04. The molecule has 0 radical (unpaired) electrons. The lowest BCUT2D eigenvalue weighted by Gasteiger charge is -2.30. The van der Waals surface area contributed by atoms with Crippen molar-refractivity contribution in [2.75, 3.05) is 24.2 Å². The number of nitrogens with one attached hydrogen (secondary N) is 1. The Morgan fingerprint density at radius 3 is 3.00 bits per heavy atom. The minimum atomic E-state index is -3.39. The number of nitrogens with two attached hydrogens (primary N) is 1. The van der Waals surface area contributed by atoms with E-state index in [9.17, 15) is 10.00 Å². The predicted octanol–water partition coefficient (Wildman–Crippen LogP) is 1.29. The SMILES string of the molecule is CCCCCCNc1nc2c(N)ncnc2n1[C@@H]1O[C@@H]2COP(O)(=S)O[C@H]2[C@H]1O. The van der Waals surface area contributed by atoms with Crippen molar-refractivity contribution in [2.45, 2.75) is 57.1 Å². The van der Waals surface area contributed by atoms with Crippen LogP contribution in [0.1, 0.15) is 38.8 Å². The normalized spacial score (nSPS) is 31.8. The number of imidazole rings is 1. The number of hydrogen-bond acceptors (Lipinski definition) is 10. The van der Waals surface area contributed by atoms with Gasteiger partial charge >= 0.3 is 6.72 Å². The van der Waals surface area contributed by atoms with Crippen molar-refractivity contribution < 1.29 is 23.8 Å². The highest BCUT2D eigenvalue weighted by atomic mass is 32.5. The standard InChI is InChI=1S/C16H25N6O5PS/c1-2-3-4-5-6-18-16-21-10-13(17)19-8-20-14(10)22(16)15-11(23)12-9(26-15)7-25-28(24,29)27-12/h8-9,11-12,15,23H,2-7H2,1H3,(H,18,21)(H,24,29)(H2,17,19,20)/t9-,11-,12-,15-,28?/m1/s1. The molecule has 5 N–H and O–H groups in total. The van der Waals surface area contributed by atoms with Gasteiger partial charge in [0, 0.05) is 6.54 Å². The number of rotatable bonds is 7. The van der Waals surface area contributed by atoms with Crippen LogP contribution in [0.15, 0.2) is 6.33 Å². The summed E-state index contributed by atoms with van der Waals surface area (Å²) in [6.07, 6.45) is 2.37. The van der Waals surface area contributed by atoms with Crippen LogP contribution in [-0.4, -0.2) is 61.0 Å². The zero-order valence-corrected chi connectivity index (χ0v) is 17.7. The number of anilines is 2. The second kappa shape index (κ2) is 8.38. The van der Waals surface area contributed by atoms with Crippen LogP contribution in [0, 0.1) is 0 Å². The van der Waals surface area contributed by atoms with Gasteiger partial charge in [-0.25, -0.2) is 15.0 Å². The average Bonchev–Trinajstić information content (AvgIpc) is 3.19. The molecule has 2 aromatic rings. The van der Waals surface area contributed by atoms with Crippen LogP contribution in [0.25, 0.3) is 11.2 Å². The van der Waals surface area contributed by atoms with Gasteiger partial charge in [0.05, 0.1) is 6.61 Å². The molecule has 0 spiro atoms. The van der Waals surface area contributed by atoms with Gasteiger partial charge in [-0.2, -0.15) is 0 Å². The predicted molar refractivity (Wildman–Crippen MR) is 110 cm³/mol. The van der Waals surface area contributed by atoms with Crippen molar-refractivity contribution in [1.82, 2.24) is 19.5 Å². The number of aromatic nitrogens is 4. The van der Waals surface area contributed by atoms with E-state index >= 15 is 0 Å². The summed E-state index contributed by atoms with van der Waals surface area (Å²) in [4.78, 5) is 22.8. The van der Waals surface area contributed by atoms with Crippen molar-refractivity contribution in [2.24, 2.45) is 0 Å². The molecular formula is C16H25N6O5PS. The van der Waals surface area contributed by atoms with Gasteiger partial charge in [0.2, 0.25) is 5.95 Å². The lowest BCUT2D eigenvalue weighted by atomic mass is 10.1. The van der Waals surface area contributed by atoms with Gasteiger partial charge in [0.15, 0.2) is 23.2 Å². The monoisotopic (exact) mass is 444 g/mol. The van der Waals surface area contributed by atoms with Gasteiger partial charge in [-0.3, -0.25) is 9.09 Å². The molecule has 13 heteroatoms. The molecule has 1 unspecified atom stereocenters. The first-order chi connectivity index (χ1) is 13.9. The number of hydrogen-bond donors (Lipinski definition) is 4. The van der Waals surface area contributed by atoms with E-state index < -0.39 is 31.3 Å². The van der Waals surface area contributed by atoms with E-state index in [0.29, 0.717) is 23.7 Å². The molecule has 2 aromatic heterocycles. The van der Waals surface area contributed by atoms with Gasteiger partial charge in [0.25, 0.3) is 0 Å². The fourth-order valence-electron chi connectivity index (χ4n) is 3.59. The number of ether oxygens (including phenoxy) is 1. The third-order valence-corrected chi connectivity index (χ3v) is 6.60. The average molecular weight is 444 g/mol. The Morgan fingerprint density at radius 2 is 2.21 bits per heavy atom. The minimum absolute atomic E-state index is 0.0372. The van der Waals surface area contributed by atoms with E-state index in [1.54, 1.807) is 4.57 Å². The minimum Gasteiger partial charge on any atom is -0.386 e. The van der Waals surface area contributed by atoms with E-state index in [1.165, 1.54) is 6.33 Å². The van der Waals surface area contributed by atoms with Crippen LogP contribution in [0.5, 0.6) is 0 Å². The highest BCUT2D eigenvalue weighted by Crippen LogP contribution is 2.53. The first-order valence-electron chi connectivity index (χ1n) is 9.63. The third-order valence-electron chi connectivity index (χ3n) is 5.04. The van der Waals surface area contributed by atoms with Crippen molar-refractivity contribution in [3.63, 3.8) is 0 Å². The molecule has 0 bridgehead atoms. The second-order valence-corrected chi connectivity index (χ2v) is 9.90. The Labute approximate surface area is 172 Å². The maximum absolute atomic E-state index is 10.9. The molecule has 2 aliphatic heterocycles. The van der Waals surface area contributed by atoms with Gasteiger partial charge in [0.1, 0.15) is 24.6 Å². The van der Waals surface area contributed by atoms with Gasteiger partial charge < -0.3 is 30.3 Å². The summed E-state index contributed by atoms with van der Waals surface area (Å²) in [5.41, 5.74) is 6.82. The lowest BCUT2D eigenvalue weighted by Crippen LogP contribution is -2.39. The Bertz CT molecular complexity index is 929. The van der Waals surface area contributed by atoms with Gasteiger partial charge in [-0.05, 0) is 18.2 Å². The Hall–Kier alpha value is -1.40. The maximum Gasteiger partial charge on any atom is 0.325 e. The zero-order valence-electron chi connectivity index (χ0n) is 16.0. The molecule has 0 saturated carbocycles. The Morgan fingerprint density at radius 1 is 1.38 bits per heavy atom. The summed E-state index contributed by atoms with van der Waals surface area (Å²) < 4.78 is 18.2. The molecule has 0 amide bonds. The molecule has 4 rings (SSSR count). The highest BCUT2D eigenvalue weighted by molar-refractivity contribution is 8.07. The summed E-state index contributed by atoms with van der Waals surface area (Å²) in [5, 5.41) is 14.2. The first kappa shape index (κ1) is 20.9. The van der Waals surface area contributed by atoms with Crippen molar-refractivity contribution in [3.05, 3.63) is 6.33 Å². The molecule has 2 saturated heterocycles. The molecule has 11 nitrogen and oxygen atoms in total. The molecule has 0 aliphatic carbocycles. The molecule has 29 heavy (non-hydrogen) atoms. The van der Waals surface area contributed by atoms with E-state index in [-0.39, 0.29) is 12.4 Å². The summed E-state index contributed by atoms with van der Waals surface area (Å²) in [7, 11) is 0. The van der Waals surface area contributed by atoms with E-state index in [1.807, 2.05) is 0 Å². The number of nitrogen functional groups attached to an aromatic ring is 1. The van der Waals surface area contributed by atoms with Crippen LogP contribution in [-0.2, 0) is 25.6 Å². The Balaban J connectivity index is 1.64. The smallest absolute Gasteiger partial charge is 0.325 e. The largest absolute Gasteiger partial charge is 0.386 e. The summed E-state index contributed by atoms with van der Waals surface area (Å²) in [6.45, 7) is -0.494. The van der Waals surface area contributed by atoms with E-state index in [0.717, 1.165) is 25.7 Å². The van der Waals surface area contributed by atoms with Gasteiger partial charge in [-0.15, -0.1) is 0 Å². The van der Waals surface area contributed by atoms with E-state index in [2.05, 4.69) is 27.2 Å². The molecule has 5 atom stereocenters. The molecule has 160 valence electrons. The van der Waals surface area contributed by atoms with Crippen LogP contribution < -0.4 is 11.1 Å². The van der Waals surface area contributed by atoms with Crippen molar-refractivity contribution in [3.8, 4) is 0 Å². The summed E-state index contributed by atoms with van der Waals surface area (Å²) in [6, 6.07) is 0. The molecule has 2 aliphatic rings. The number of aliphatic hydroxyl groups excluding tert-OH is 1. The van der Waals surface area contributed by atoms with Crippen molar-refractivity contribution >= 4 is 41.5 Å². The quantitative estimate of drug-likeness (QED) is 0.361. The lowest BCUT2D eigenvalue weighted by molar-refractivity contribution is -0.0586. The maximum atomic E-state index is 10.9. The summed E-state index contributed by atoms with van der Waals surface area (Å²) in [5.74, 6) is 0.703. The van der Waals surface area contributed by atoms with E-state index in [4.69, 9.17) is 31.3 Å². The van der Waals surface area contributed by atoms with Crippen LogP contribution in [0.4, 0.5) is 11.8 Å². The van der Waals surface area contributed by atoms with Crippen LogP contribution >= 0.6 is 6.72 Å². The van der Waals surface area contributed by atoms with Crippen LogP contribution in [0.2, 0.25) is 0 Å². The molecule has 2 fully saturated rings. The van der Waals surface area contributed by atoms with Crippen LogP contribution in [0.3, 0.4) is 0 Å².